The van der Waals surface area contributed by atoms with Gasteiger partial charge >= 0.3 is 0 Å². The minimum Gasteiger partial charge on any atom is -0.507 e. The van der Waals surface area contributed by atoms with Crippen LogP contribution in [0.2, 0.25) is 0 Å². The van der Waals surface area contributed by atoms with Crippen LogP contribution in [0.15, 0.2) is 59.5 Å². The molecule has 3 aromatic rings. The van der Waals surface area contributed by atoms with Gasteiger partial charge in [0.1, 0.15) is 17.6 Å². The van der Waals surface area contributed by atoms with Gasteiger partial charge in [0, 0.05) is 22.2 Å². The van der Waals surface area contributed by atoms with Crippen molar-refractivity contribution < 1.29 is 28.6 Å². The molecule has 2 aromatic carbocycles. The average Bonchev–Trinajstić information content (AvgIpc) is 3.50. The van der Waals surface area contributed by atoms with Crippen molar-refractivity contribution in [3.63, 3.8) is 0 Å². The van der Waals surface area contributed by atoms with Crippen LogP contribution in [0.3, 0.4) is 0 Å². The summed E-state index contributed by atoms with van der Waals surface area (Å²) in [5.74, 6) is -1.32. The molecular weight excluding hydrogens is 421 g/mol. The number of halogens is 1. The number of ketones is 1. The van der Waals surface area contributed by atoms with Gasteiger partial charge in [-0.1, -0.05) is 6.07 Å². The number of aliphatic hydroxyl groups is 1. The summed E-state index contributed by atoms with van der Waals surface area (Å²) >= 11 is 1.36. The molecule has 5 rings (SSSR count). The van der Waals surface area contributed by atoms with E-state index in [9.17, 15) is 19.1 Å². The van der Waals surface area contributed by atoms with Crippen molar-refractivity contribution in [2.75, 3.05) is 11.7 Å². The predicted molar refractivity (Wildman–Crippen MR) is 113 cm³/mol. The highest BCUT2D eigenvalue weighted by Gasteiger charge is 2.47. The van der Waals surface area contributed by atoms with Gasteiger partial charge in [-0.05, 0) is 54.3 Å². The van der Waals surface area contributed by atoms with Crippen molar-refractivity contribution in [1.29, 1.82) is 0 Å². The van der Waals surface area contributed by atoms with Gasteiger partial charge in [0.15, 0.2) is 11.5 Å². The summed E-state index contributed by atoms with van der Waals surface area (Å²) in [7, 11) is 0. The number of rotatable bonds is 3. The molecule has 2 aliphatic heterocycles. The summed E-state index contributed by atoms with van der Waals surface area (Å²) in [4.78, 5) is 28.2. The molecule has 0 saturated carbocycles. The normalized spacial score (nSPS) is 19.3. The van der Waals surface area contributed by atoms with Gasteiger partial charge in [-0.3, -0.25) is 14.5 Å². The summed E-state index contributed by atoms with van der Waals surface area (Å²) in [5, 5.41) is 12.9. The number of anilines is 1. The van der Waals surface area contributed by atoms with E-state index in [2.05, 4.69) is 0 Å². The Hall–Kier alpha value is -3.65. The second-order valence-corrected chi connectivity index (χ2v) is 8.17. The largest absolute Gasteiger partial charge is 0.507 e. The average molecular weight is 437 g/mol. The van der Waals surface area contributed by atoms with Crippen LogP contribution in [0.1, 0.15) is 22.0 Å². The Labute approximate surface area is 180 Å². The molecular formula is C23H16FNO5S. The minimum absolute atomic E-state index is 0.0453. The van der Waals surface area contributed by atoms with E-state index in [0.29, 0.717) is 27.6 Å². The molecule has 1 fully saturated rings. The van der Waals surface area contributed by atoms with Crippen LogP contribution in [-0.4, -0.2) is 23.6 Å². The topological polar surface area (TPSA) is 76.1 Å². The first kappa shape index (κ1) is 19.3. The van der Waals surface area contributed by atoms with Crippen LogP contribution in [0.25, 0.3) is 5.76 Å². The lowest BCUT2D eigenvalue weighted by atomic mass is 9.98. The van der Waals surface area contributed by atoms with E-state index in [1.165, 1.54) is 34.4 Å². The van der Waals surface area contributed by atoms with Gasteiger partial charge in [0.25, 0.3) is 11.7 Å². The molecule has 0 spiro atoms. The molecule has 0 aliphatic carbocycles. The lowest BCUT2D eigenvalue weighted by molar-refractivity contribution is -0.132. The van der Waals surface area contributed by atoms with E-state index >= 15 is 0 Å². The number of Topliss-reactive ketones (excluding diaryl/α,β-unsaturated/α-hetero) is 1. The SMILES string of the molecule is Cc1cc(/C(O)=C2/C(=O)C(=O)N(c3ccc4c(c3)OCO4)C2c2cccs2)ccc1F. The maximum atomic E-state index is 13.7. The monoisotopic (exact) mass is 437 g/mol. The highest BCUT2D eigenvalue weighted by Crippen LogP contribution is 2.45. The molecule has 1 N–H and O–H groups in total. The van der Waals surface area contributed by atoms with Gasteiger partial charge in [-0.15, -0.1) is 11.3 Å². The molecule has 0 radical (unpaired) electrons. The number of amides is 1. The summed E-state index contributed by atoms with van der Waals surface area (Å²) in [6.45, 7) is 1.64. The van der Waals surface area contributed by atoms with E-state index in [4.69, 9.17) is 9.47 Å². The zero-order valence-electron chi connectivity index (χ0n) is 16.3. The maximum Gasteiger partial charge on any atom is 0.300 e. The fourth-order valence-corrected chi connectivity index (χ4v) is 4.62. The smallest absolute Gasteiger partial charge is 0.300 e. The van der Waals surface area contributed by atoms with Crippen molar-refractivity contribution in [2.45, 2.75) is 13.0 Å². The lowest BCUT2D eigenvalue weighted by Gasteiger charge is -2.24. The second-order valence-electron chi connectivity index (χ2n) is 7.19. The summed E-state index contributed by atoms with van der Waals surface area (Å²) in [6, 6.07) is 11.8. The number of carbonyl (C=O) groups is 2. The molecule has 31 heavy (non-hydrogen) atoms. The third-order valence-electron chi connectivity index (χ3n) is 5.32. The molecule has 1 aromatic heterocycles. The fraction of sp³-hybridized carbons (Fsp3) is 0.130. The van der Waals surface area contributed by atoms with E-state index < -0.39 is 23.5 Å². The van der Waals surface area contributed by atoms with Crippen LogP contribution in [0, 0.1) is 12.7 Å². The van der Waals surface area contributed by atoms with Crippen molar-refractivity contribution in [3.05, 3.63) is 81.3 Å². The number of benzene rings is 2. The van der Waals surface area contributed by atoms with Crippen molar-refractivity contribution in [1.82, 2.24) is 0 Å². The summed E-state index contributed by atoms with van der Waals surface area (Å²) in [5.41, 5.74) is 0.987. The number of hydrogen-bond donors (Lipinski definition) is 1. The molecule has 6 nitrogen and oxygen atoms in total. The molecule has 3 heterocycles. The molecule has 1 unspecified atom stereocenters. The van der Waals surface area contributed by atoms with Gasteiger partial charge in [-0.2, -0.15) is 0 Å². The summed E-state index contributed by atoms with van der Waals surface area (Å²) in [6.07, 6.45) is 0. The minimum atomic E-state index is -0.828. The summed E-state index contributed by atoms with van der Waals surface area (Å²) < 4.78 is 24.5. The number of ether oxygens (including phenoxy) is 2. The number of hydrogen-bond acceptors (Lipinski definition) is 6. The first-order valence-electron chi connectivity index (χ1n) is 9.46. The standard InChI is InChI=1S/C23H16FNO5S/c1-12-9-13(4-6-15(12)24)21(26)19-20(18-3-2-8-31-18)25(23(28)22(19)27)14-5-7-16-17(10-14)30-11-29-16/h2-10,20,26H,11H2,1H3/b21-19-. The van der Waals surface area contributed by atoms with E-state index in [1.807, 2.05) is 11.4 Å². The maximum absolute atomic E-state index is 13.7. The quantitative estimate of drug-likeness (QED) is 0.370. The Kier molecular flexibility index (Phi) is 4.51. The molecule has 1 amide bonds. The molecule has 156 valence electrons. The molecule has 1 atom stereocenters. The highest BCUT2D eigenvalue weighted by molar-refractivity contribution is 7.10. The number of carbonyl (C=O) groups excluding carboxylic acids is 2. The Morgan fingerprint density at radius 3 is 2.68 bits per heavy atom. The zero-order chi connectivity index (χ0) is 21.7. The third-order valence-corrected chi connectivity index (χ3v) is 6.25. The number of thiophene rings is 1. The van der Waals surface area contributed by atoms with Crippen LogP contribution >= 0.6 is 11.3 Å². The van der Waals surface area contributed by atoms with Gasteiger partial charge in [-0.25, -0.2) is 4.39 Å². The first-order chi connectivity index (χ1) is 15.0. The number of aryl methyl sites for hydroxylation is 1. The Morgan fingerprint density at radius 1 is 1.13 bits per heavy atom. The number of nitrogens with zero attached hydrogens (tertiary/aromatic N) is 1. The third kappa shape index (κ3) is 3.07. The van der Waals surface area contributed by atoms with E-state index in [1.54, 1.807) is 31.2 Å². The molecule has 0 bridgehead atoms. The van der Waals surface area contributed by atoms with Crippen LogP contribution in [0.4, 0.5) is 10.1 Å². The fourth-order valence-electron chi connectivity index (χ4n) is 3.80. The van der Waals surface area contributed by atoms with E-state index in [0.717, 1.165) is 0 Å². The molecule has 1 saturated heterocycles. The van der Waals surface area contributed by atoms with Crippen LogP contribution in [0.5, 0.6) is 11.5 Å². The highest BCUT2D eigenvalue weighted by atomic mass is 32.1. The lowest BCUT2D eigenvalue weighted by Crippen LogP contribution is -2.29. The number of fused-ring (bicyclic) bond motifs is 1. The number of aliphatic hydroxyl groups excluding tert-OH is 1. The van der Waals surface area contributed by atoms with Crippen molar-refractivity contribution >= 4 is 34.5 Å². The van der Waals surface area contributed by atoms with Gasteiger partial charge in [0.05, 0.1) is 5.57 Å². The van der Waals surface area contributed by atoms with Crippen molar-refractivity contribution in [2.24, 2.45) is 0 Å². The van der Waals surface area contributed by atoms with Gasteiger partial charge in [0.2, 0.25) is 6.79 Å². The Balaban J connectivity index is 1.69. The van der Waals surface area contributed by atoms with Crippen LogP contribution in [-0.2, 0) is 9.59 Å². The van der Waals surface area contributed by atoms with Crippen LogP contribution < -0.4 is 14.4 Å². The molecule has 2 aliphatic rings. The second kappa shape index (κ2) is 7.24. The molecule has 8 heteroatoms. The van der Waals surface area contributed by atoms with E-state index in [-0.39, 0.29) is 23.7 Å². The first-order valence-corrected chi connectivity index (χ1v) is 10.3. The zero-order valence-corrected chi connectivity index (χ0v) is 17.1. The Morgan fingerprint density at radius 2 is 1.94 bits per heavy atom. The van der Waals surface area contributed by atoms with Crippen molar-refractivity contribution in [3.8, 4) is 11.5 Å². The van der Waals surface area contributed by atoms with Gasteiger partial charge < -0.3 is 14.6 Å². The predicted octanol–water partition coefficient (Wildman–Crippen LogP) is 4.55. The Bertz CT molecular complexity index is 1250.